The van der Waals surface area contributed by atoms with Gasteiger partial charge in [0.2, 0.25) is 0 Å². The van der Waals surface area contributed by atoms with Crippen LogP contribution in [0.1, 0.15) is 16.8 Å². The Morgan fingerprint density at radius 3 is 2.63 bits per heavy atom. The molecule has 0 saturated carbocycles. The molecule has 0 aliphatic carbocycles. The van der Waals surface area contributed by atoms with Crippen LogP contribution in [0.25, 0.3) is 0 Å². The zero-order valence-corrected chi connectivity index (χ0v) is 9.27. The van der Waals surface area contributed by atoms with E-state index in [1.807, 2.05) is 0 Å². The molecule has 0 atom stereocenters. The lowest BCUT2D eigenvalue weighted by atomic mass is 10.2. The average Bonchev–Trinajstić information content (AvgIpc) is 2.26. The molecule has 0 amide bonds. The second-order valence-electron chi connectivity index (χ2n) is 3.44. The number of hydrogen-bond donors (Lipinski definition) is 2. The third-order valence-electron chi connectivity index (χ3n) is 2.02. The van der Waals surface area contributed by atoms with Crippen molar-refractivity contribution in [2.24, 2.45) is 0 Å². The van der Waals surface area contributed by atoms with Crippen LogP contribution in [0.5, 0.6) is 0 Å². The van der Waals surface area contributed by atoms with Gasteiger partial charge in [0.1, 0.15) is 17.6 Å². The SMILES string of the molecule is O=C(O)c1cc(NCCC(F)(F)F)ncc1[N+](=O)[O-]. The van der Waals surface area contributed by atoms with Crippen LogP contribution in [-0.2, 0) is 0 Å². The first-order valence-electron chi connectivity index (χ1n) is 4.89. The number of rotatable bonds is 5. The molecule has 104 valence electrons. The molecule has 0 aliphatic heterocycles. The first-order chi connectivity index (χ1) is 8.70. The second kappa shape index (κ2) is 5.50. The van der Waals surface area contributed by atoms with Gasteiger partial charge in [0.05, 0.1) is 11.3 Å². The van der Waals surface area contributed by atoms with Crippen molar-refractivity contribution in [3.63, 3.8) is 0 Å². The van der Waals surface area contributed by atoms with E-state index < -0.39 is 41.3 Å². The molecule has 0 saturated heterocycles. The number of anilines is 1. The summed E-state index contributed by atoms with van der Waals surface area (Å²) >= 11 is 0. The van der Waals surface area contributed by atoms with E-state index in [1.165, 1.54) is 0 Å². The Bertz CT molecular complexity index is 504. The van der Waals surface area contributed by atoms with E-state index in [4.69, 9.17) is 5.11 Å². The van der Waals surface area contributed by atoms with Crippen molar-refractivity contribution < 1.29 is 28.0 Å². The van der Waals surface area contributed by atoms with Gasteiger partial charge in [-0.3, -0.25) is 10.1 Å². The summed E-state index contributed by atoms with van der Waals surface area (Å²) in [5, 5.41) is 21.5. The van der Waals surface area contributed by atoms with Crippen LogP contribution in [0.15, 0.2) is 12.3 Å². The smallest absolute Gasteiger partial charge is 0.390 e. The topological polar surface area (TPSA) is 105 Å². The minimum Gasteiger partial charge on any atom is -0.477 e. The lowest BCUT2D eigenvalue weighted by Crippen LogP contribution is -2.15. The number of nitro groups is 1. The van der Waals surface area contributed by atoms with Crippen molar-refractivity contribution in [3.05, 3.63) is 27.9 Å². The fraction of sp³-hybridized carbons (Fsp3) is 0.333. The molecule has 0 bridgehead atoms. The fourth-order valence-corrected chi connectivity index (χ4v) is 1.19. The summed E-state index contributed by atoms with van der Waals surface area (Å²) in [7, 11) is 0. The Morgan fingerprint density at radius 2 is 2.16 bits per heavy atom. The molecular weight excluding hydrogens is 271 g/mol. The maximum Gasteiger partial charge on any atom is 0.390 e. The number of aromatic carboxylic acids is 1. The quantitative estimate of drug-likeness (QED) is 0.631. The van der Waals surface area contributed by atoms with Crippen molar-refractivity contribution in [1.29, 1.82) is 0 Å². The van der Waals surface area contributed by atoms with Gasteiger partial charge in [0, 0.05) is 12.6 Å². The number of hydrogen-bond acceptors (Lipinski definition) is 5. The maximum absolute atomic E-state index is 11.9. The summed E-state index contributed by atoms with van der Waals surface area (Å²) < 4.78 is 35.7. The van der Waals surface area contributed by atoms with Crippen LogP contribution in [0.3, 0.4) is 0 Å². The third-order valence-corrected chi connectivity index (χ3v) is 2.02. The van der Waals surface area contributed by atoms with Gasteiger partial charge in [-0.15, -0.1) is 0 Å². The Kier molecular flexibility index (Phi) is 4.25. The maximum atomic E-state index is 11.9. The summed E-state index contributed by atoms with van der Waals surface area (Å²) in [6, 6.07) is 0.816. The van der Waals surface area contributed by atoms with Gasteiger partial charge in [0.25, 0.3) is 0 Å². The molecule has 0 radical (unpaired) electrons. The molecular formula is C9H8F3N3O4. The molecule has 7 nitrogen and oxygen atoms in total. The average molecular weight is 279 g/mol. The van der Waals surface area contributed by atoms with Crippen LogP contribution in [0.2, 0.25) is 0 Å². The highest BCUT2D eigenvalue weighted by atomic mass is 19.4. The number of alkyl halides is 3. The zero-order chi connectivity index (χ0) is 14.6. The van der Waals surface area contributed by atoms with E-state index in [0.717, 1.165) is 6.07 Å². The van der Waals surface area contributed by atoms with E-state index >= 15 is 0 Å². The van der Waals surface area contributed by atoms with E-state index in [1.54, 1.807) is 0 Å². The summed E-state index contributed by atoms with van der Waals surface area (Å²) in [5.74, 6) is -1.74. The second-order valence-corrected chi connectivity index (χ2v) is 3.44. The van der Waals surface area contributed by atoms with Gasteiger partial charge in [-0.2, -0.15) is 13.2 Å². The minimum absolute atomic E-state index is 0.174. The number of aromatic nitrogens is 1. The van der Waals surface area contributed by atoms with Crippen LogP contribution in [-0.4, -0.2) is 33.7 Å². The summed E-state index contributed by atoms with van der Waals surface area (Å²) in [4.78, 5) is 23.8. The lowest BCUT2D eigenvalue weighted by molar-refractivity contribution is -0.385. The first kappa shape index (κ1) is 14.7. The van der Waals surface area contributed by atoms with Gasteiger partial charge in [-0.1, -0.05) is 0 Å². The normalized spacial score (nSPS) is 11.1. The minimum atomic E-state index is -4.36. The van der Waals surface area contributed by atoms with E-state index in [-0.39, 0.29) is 5.82 Å². The molecule has 19 heavy (non-hydrogen) atoms. The number of carboxylic acids is 1. The zero-order valence-electron chi connectivity index (χ0n) is 9.27. The van der Waals surface area contributed by atoms with E-state index in [0.29, 0.717) is 6.20 Å². The van der Waals surface area contributed by atoms with Crippen molar-refractivity contribution >= 4 is 17.5 Å². The Labute approximate surface area is 104 Å². The van der Waals surface area contributed by atoms with E-state index in [2.05, 4.69) is 10.3 Å². The van der Waals surface area contributed by atoms with Crippen LogP contribution in [0.4, 0.5) is 24.7 Å². The van der Waals surface area contributed by atoms with E-state index in [9.17, 15) is 28.1 Å². The monoisotopic (exact) mass is 279 g/mol. The van der Waals surface area contributed by atoms with Crippen molar-refractivity contribution in [1.82, 2.24) is 4.98 Å². The third kappa shape index (κ3) is 4.41. The molecule has 1 aromatic heterocycles. The molecule has 10 heteroatoms. The van der Waals surface area contributed by atoms with Gasteiger partial charge in [-0.25, -0.2) is 9.78 Å². The molecule has 0 spiro atoms. The molecule has 0 aliphatic rings. The van der Waals surface area contributed by atoms with Crippen molar-refractivity contribution in [2.45, 2.75) is 12.6 Å². The predicted octanol–water partition coefficient (Wildman–Crippen LogP) is 2.05. The van der Waals surface area contributed by atoms with Crippen LogP contribution >= 0.6 is 0 Å². The summed E-state index contributed by atoms with van der Waals surface area (Å²) in [5.41, 5.74) is -1.37. The Balaban J connectivity index is 2.85. The number of halogens is 3. The molecule has 1 rings (SSSR count). The highest BCUT2D eigenvalue weighted by Gasteiger charge is 2.26. The lowest BCUT2D eigenvalue weighted by Gasteiger charge is -2.08. The molecule has 2 N–H and O–H groups in total. The van der Waals surface area contributed by atoms with Gasteiger partial charge < -0.3 is 10.4 Å². The fourth-order valence-electron chi connectivity index (χ4n) is 1.19. The standard InChI is InChI=1S/C9H8F3N3O4/c10-9(11,12)1-2-13-7-3-5(8(16)17)6(4-14-7)15(18)19/h3-4H,1-2H2,(H,13,14)(H,16,17). The van der Waals surface area contributed by atoms with Gasteiger partial charge in [-0.05, 0) is 0 Å². The summed E-state index contributed by atoms with van der Waals surface area (Å²) in [6.45, 7) is -0.507. The highest BCUT2D eigenvalue weighted by Crippen LogP contribution is 2.22. The number of pyridine rings is 1. The number of carbonyl (C=O) groups is 1. The Hall–Kier alpha value is -2.39. The highest BCUT2D eigenvalue weighted by molar-refractivity contribution is 5.93. The number of nitrogens with zero attached hydrogens (tertiary/aromatic N) is 2. The predicted molar refractivity (Wildman–Crippen MR) is 57.0 cm³/mol. The number of nitrogens with one attached hydrogen (secondary N) is 1. The van der Waals surface area contributed by atoms with Gasteiger partial charge in [0.15, 0.2) is 0 Å². The molecule has 0 fully saturated rings. The summed E-state index contributed by atoms with van der Waals surface area (Å²) in [6.07, 6.45) is -4.81. The first-order valence-corrected chi connectivity index (χ1v) is 4.89. The van der Waals surface area contributed by atoms with Crippen molar-refractivity contribution in [2.75, 3.05) is 11.9 Å². The van der Waals surface area contributed by atoms with Gasteiger partial charge >= 0.3 is 17.8 Å². The largest absolute Gasteiger partial charge is 0.477 e. The molecule has 1 aromatic rings. The molecule has 1 heterocycles. The van der Waals surface area contributed by atoms with Crippen molar-refractivity contribution in [3.8, 4) is 0 Å². The molecule has 0 unspecified atom stereocenters. The van der Waals surface area contributed by atoms with Crippen LogP contribution < -0.4 is 5.32 Å². The number of carboxylic acid groups (broad SMARTS) is 1. The Morgan fingerprint density at radius 1 is 1.53 bits per heavy atom. The van der Waals surface area contributed by atoms with Crippen LogP contribution in [0, 0.1) is 10.1 Å². The molecule has 0 aromatic carbocycles.